The van der Waals surface area contributed by atoms with Gasteiger partial charge in [-0.3, -0.25) is 0 Å². The Morgan fingerprint density at radius 3 is 2.60 bits per heavy atom. The van der Waals surface area contributed by atoms with E-state index in [4.69, 9.17) is 9.47 Å². The number of rotatable bonds is 4. The van der Waals surface area contributed by atoms with E-state index in [1.807, 2.05) is 6.92 Å². The first-order valence-electron chi connectivity index (χ1n) is 3.80. The summed E-state index contributed by atoms with van der Waals surface area (Å²) in [5.74, 6) is 0. The van der Waals surface area contributed by atoms with Crippen molar-refractivity contribution in [3.05, 3.63) is 6.61 Å². The number of hydrogen-bond donors (Lipinski definition) is 0. The fraction of sp³-hybridized carbons (Fsp3) is 0.875. The Kier molecular flexibility index (Phi) is 2.69. The molecule has 0 spiro atoms. The van der Waals surface area contributed by atoms with Crippen molar-refractivity contribution in [1.29, 1.82) is 0 Å². The molecule has 1 heterocycles. The Balaban J connectivity index is 2.20. The molecule has 1 rings (SSSR count). The molecule has 1 aliphatic rings. The third-order valence-corrected chi connectivity index (χ3v) is 2.12. The zero-order chi connectivity index (χ0) is 7.45. The smallest absolute Gasteiger partial charge is 0.0806 e. The highest BCUT2D eigenvalue weighted by atomic mass is 16.5. The maximum atomic E-state index is 5.23. The predicted molar refractivity (Wildman–Crippen MR) is 39.5 cm³/mol. The monoisotopic (exact) mass is 143 g/mol. The first-order valence-corrected chi connectivity index (χ1v) is 3.80. The SMILES string of the molecule is C[CH]OCC1(CC)COC1. The van der Waals surface area contributed by atoms with Crippen LogP contribution in [0.15, 0.2) is 0 Å². The molecule has 0 bridgehead atoms. The molecule has 2 nitrogen and oxygen atoms in total. The maximum Gasteiger partial charge on any atom is 0.0806 e. The summed E-state index contributed by atoms with van der Waals surface area (Å²) < 4.78 is 10.4. The minimum atomic E-state index is 0.340. The highest BCUT2D eigenvalue weighted by molar-refractivity contribution is 4.84. The lowest BCUT2D eigenvalue weighted by atomic mass is 9.84. The highest BCUT2D eigenvalue weighted by Crippen LogP contribution is 2.31. The van der Waals surface area contributed by atoms with E-state index in [0.29, 0.717) is 5.41 Å². The van der Waals surface area contributed by atoms with Gasteiger partial charge >= 0.3 is 0 Å². The van der Waals surface area contributed by atoms with Gasteiger partial charge in [0.25, 0.3) is 0 Å². The molecule has 0 aliphatic carbocycles. The van der Waals surface area contributed by atoms with Gasteiger partial charge < -0.3 is 9.47 Å². The van der Waals surface area contributed by atoms with Crippen molar-refractivity contribution in [2.24, 2.45) is 5.41 Å². The van der Waals surface area contributed by atoms with Gasteiger partial charge in [-0.1, -0.05) is 6.92 Å². The quantitative estimate of drug-likeness (QED) is 0.595. The van der Waals surface area contributed by atoms with Gasteiger partial charge in [0.2, 0.25) is 0 Å². The molecule has 1 fully saturated rings. The summed E-state index contributed by atoms with van der Waals surface area (Å²) in [6, 6.07) is 0. The summed E-state index contributed by atoms with van der Waals surface area (Å²) in [7, 11) is 0. The molecular weight excluding hydrogens is 128 g/mol. The molecule has 0 aromatic carbocycles. The molecule has 0 unspecified atom stereocenters. The van der Waals surface area contributed by atoms with Crippen LogP contribution in [0.4, 0.5) is 0 Å². The second-order valence-corrected chi connectivity index (χ2v) is 2.89. The standard InChI is InChI=1S/C8H15O2/c1-3-8(5-9-4-2)6-10-7-8/h4H,3,5-7H2,1-2H3. The van der Waals surface area contributed by atoms with Crippen molar-refractivity contribution in [3.63, 3.8) is 0 Å². The van der Waals surface area contributed by atoms with Crippen molar-refractivity contribution in [2.45, 2.75) is 20.3 Å². The minimum Gasteiger partial charge on any atom is -0.380 e. The molecule has 2 heteroatoms. The molecule has 1 aliphatic heterocycles. The summed E-state index contributed by atoms with van der Waals surface area (Å²) >= 11 is 0. The van der Waals surface area contributed by atoms with Crippen LogP contribution in [0.1, 0.15) is 20.3 Å². The van der Waals surface area contributed by atoms with Crippen molar-refractivity contribution in [3.8, 4) is 0 Å². The van der Waals surface area contributed by atoms with Gasteiger partial charge in [-0.25, -0.2) is 0 Å². The minimum absolute atomic E-state index is 0.340. The lowest BCUT2D eigenvalue weighted by molar-refractivity contribution is -0.143. The summed E-state index contributed by atoms with van der Waals surface area (Å²) in [4.78, 5) is 0. The Labute approximate surface area is 62.5 Å². The van der Waals surface area contributed by atoms with E-state index < -0.39 is 0 Å². The molecular formula is C8H15O2. The molecule has 0 aromatic rings. The van der Waals surface area contributed by atoms with E-state index in [-0.39, 0.29) is 0 Å². The van der Waals surface area contributed by atoms with Crippen molar-refractivity contribution < 1.29 is 9.47 Å². The van der Waals surface area contributed by atoms with Crippen LogP contribution in [-0.2, 0) is 9.47 Å². The number of hydrogen-bond acceptors (Lipinski definition) is 2. The predicted octanol–water partition coefficient (Wildman–Crippen LogP) is 1.61. The van der Waals surface area contributed by atoms with Gasteiger partial charge in [0.15, 0.2) is 0 Å². The average Bonchev–Trinajstić information content (AvgIpc) is 1.87. The van der Waals surface area contributed by atoms with Crippen molar-refractivity contribution >= 4 is 0 Å². The van der Waals surface area contributed by atoms with Crippen molar-refractivity contribution in [1.82, 2.24) is 0 Å². The third-order valence-electron chi connectivity index (χ3n) is 2.12. The second kappa shape index (κ2) is 3.35. The Bertz CT molecular complexity index is 91.9. The molecule has 0 aromatic heterocycles. The van der Waals surface area contributed by atoms with Crippen LogP contribution in [0.2, 0.25) is 0 Å². The van der Waals surface area contributed by atoms with Gasteiger partial charge in [-0.05, 0) is 13.3 Å². The van der Waals surface area contributed by atoms with E-state index in [1.54, 1.807) is 6.61 Å². The first kappa shape index (κ1) is 8.02. The fourth-order valence-corrected chi connectivity index (χ4v) is 1.04. The Morgan fingerprint density at radius 1 is 1.60 bits per heavy atom. The lowest BCUT2D eigenvalue weighted by Gasteiger charge is -2.40. The van der Waals surface area contributed by atoms with Crippen LogP contribution in [0.5, 0.6) is 0 Å². The van der Waals surface area contributed by atoms with Gasteiger partial charge in [-0.15, -0.1) is 0 Å². The molecule has 1 saturated heterocycles. The molecule has 0 amide bonds. The lowest BCUT2D eigenvalue weighted by Crippen LogP contribution is -2.45. The second-order valence-electron chi connectivity index (χ2n) is 2.89. The van der Waals surface area contributed by atoms with E-state index >= 15 is 0 Å². The summed E-state index contributed by atoms with van der Waals surface area (Å²) in [5, 5.41) is 0. The van der Waals surface area contributed by atoms with Crippen LogP contribution in [0, 0.1) is 12.0 Å². The molecule has 0 atom stereocenters. The summed E-state index contributed by atoms with van der Waals surface area (Å²) in [6.07, 6.45) is 1.15. The molecule has 0 saturated carbocycles. The topological polar surface area (TPSA) is 18.5 Å². The normalized spacial score (nSPS) is 22.2. The zero-order valence-corrected chi connectivity index (χ0v) is 6.72. The largest absolute Gasteiger partial charge is 0.380 e. The van der Waals surface area contributed by atoms with Gasteiger partial charge in [0.05, 0.1) is 26.4 Å². The average molecular weight is 143 g/mol. The van der Waals surface area contributed by atoms with Crippen LogP contribution < -0.4 is 0 Å². The molecule has 1 radical (unpaired) electrons. The van der Waals surface area contributed by atoms with Crippen molar-refractivity contribution in [2.75, 3.05) is 19.8 Å². The van der Waals surface area contributed by atoms with Crippen LogP contribution in [0.25, 0.3) is 0 Å². The van der Waals surface area contributed by atoms with Gasteiger partial charge in [0.1, 0.15) is 0 Å². The summed E-state index contributed by atoms with van der Waals surface area (Å²) in [6.45, 7) is 8.40. The molecule has 10 heavy (non-hydrogen) atoms. The van der Waals surface area contributed by atoms with Gasteiger partial charge in [0, 0.05) is 5.41 Å². The fourth-order valence-electron chi connectivity index (χ4n) is 1.04. The third kappa shape index (κ3) is 1.50. The number of ether oxygens (including phenoxy) is 2. The van der Waals surface area contributed by atoms with Crippen LogP contribution in [-0.4, -0.2) is 19.8 Å². The maximum absolute atomic E-state index is 5.23. The van der Waals surface area contributed by atoms with E-state index in [1.165, 1.54) is 0 Å². The van der Waals surface area contributed by atoms with Crippen LogP contribution >= 0.6 is 0 Å². The summed E-state index contributed by atoms with van der Waals surface area (Å²) in [5.41, 5.74) is 0.340. The molecule has 59 valence electrons. The van der Waals surface area contributed by atoms with Gasteiger partial charge in [-0.2, -0.15) is 0 Å². The Morgan fingerprint density at radius 2 is 2.30 bits per heavy atom. The van der Waals surface area contributed by atoms with Crippen LogP contribution in [0.3, 0.4) is 0 Å². The van der Waals surface area contributed by atoms with E-state index in [0.717, 1.165) is 26.2 Å². The first-order chi connectivity index (χ1) is 4.83. The zero-order valence-electron chi connectivity index (χ0n) is 6.72. The molecule has 0 N–H and O–H groups in total. The van der Waals surface area contributed by atoms with E-state index in [9.17, 15) is 0 Å². The van der Waals surface area contributed by atoms with E-state index in [2.05, 4.69) is 6.92 Å². The highest BCUT2D eigenvalue weighted by Gasteiger charge is 2.36. The Hall–Kier alpha value is -0.0800.